The van der Waals surface area contributed by atoms with Gasteiger partial charge in [-0.15, -0.1) is 11.3 Å². The number of methoxy groups -OCH3 is 1. The molecule has 0 bridgehead atoms. The van der Waals surface area contributed by atoms with Crippen molar-refractivity contribution < 1.29 is 24.1 Å². The first kappa shape index (κ1) is 26.6. The van der Waals surface area contributed by atoms with Crippen molar-refractivity contribution in [1.29, 1.82) is 0 Å². The first-order chi connectivity index (χ1) is 16.5. The van der Waals surface area contributed by atoms with Crippen molar-refractivity contribution in [2.75, 3.05) is 59.7 Å². The van der Waals surface area contributed by atoms with E-state index >= 15 is 0 Å². The summed E-state index contributed by atoms with van der Waals surface area (Å²) in [7, 11) is 1.64. The Morgan fingerprint density at radius 3 is 2.76 bits per heavy atom. The number of aliphatic hydroxyl groups is 1. The Kier molecular flexibility index (Phi) is 10.8. The van der Waals surface area contributed by atoms with Crippen molar-refractivity contribution in [3.8, 4) is 5.75 Å². The van der Waals surface area contributed by atoms with Crippen molar-refractivity contribution in [3.63, 3.8) is 0 Å². The predicted molar refractivity (Wildman–Crippen MR) is 134 cm³/mol. The maximum Gasteiger partial charge on any atom is 0.237 e. The predicted octanol–water partition coefficient (Wildman–Crippen LogP) is 3.23. The normalized spacial score (nSPS) is 16.6. The summed E-state index contributed by atoms with van der Waals surface area (Å²) in [5.41, 5.74) is 1.17. The van der Waals surface area contributed by atoms with Gasteiger partial charge in [-0.1, -0.05) is 32.0 Å². The van der Waals surface area contributed by atoms with Gasteiger partial charge in [0.15, 0.2) is 0 Å². The second-order valence-corrected chi connectivity index (χ2v) is 10.1. The first-order valence-electron chi connectivity index (χ1n) is 12.0. The van der Waals surface area contributed by atoms with Crippen molar-refractivity contribution in [3.05, 3.63) is 52.2 Å². The maximum absolute atomic E-state index is 13.5. The average Bonchev–Trinajstić information content (AvgIpc) is 3.30. The van der Waals surface area contributed by atoms with E-state index in [9.17, 15) is 9.90 Å². The van der Waals surface area contributed by atoms with Crippen molar-refractivity contribution in [1.82, 2.24) is 9.80 Å². The molecule has 1 N–H and O–H groups in total. The number of aliphatic hydroxyl groups excluding tert-OH is 1. The van der Waals surface area contributed by atoms with E-state index in [-0.39, 0.29) is 25.1 Å². The summed E-state index contributed by atoms with van der Waals surface area (Å²) in [4.78, 5) is 18.7. The molecule has 2 unspecified atom stereocenters. The highest BCUT2D eigenvalue weighted by Gasteiger charge is 2.33. The molecule has 188 valence electrons. The smallest absolute Gasteiger partial charge is 0.237 e. The van der Waals surface area contributed by atoms with Gasteiger partial charge in [-0.25, -0.2) is 0 Å². The fourth-order valence-corrected chi connectivity index (χ4v) is 5.02. The van der Waals surface area contributed by atoms with Crippen LogP contribution in [0.5, 0.6) is 5.75 Å². The lowest BCUT2D eigenvalue weighted by Crippen LogP contribution is -2.48. The Hall–Kier alpha value is -1.97. The van der Waals surface area contributed by atoms with Gasteiger partial charge < -0.3 is 24.2 Å². The zero-order chi connectivity index (χ0) is 24.3. The Morgan fingerprint density at radius 2 is 2.03 bits per heavy atom. The van der Waals surface area contributed by atoms with E-state index in [1.54, 1.807) is 18.4 Å². The molecule has 2 atom stereocenters. The lowest BCUT2D eigenvalue weighted by Gasteiger charge is -2.37. The molecule has 34 heavy (non-hydrogen) atoms. The lowest BCUT2D eigenvalue weighted by molar-refractivity contribution is -0.136. The second-order valence-electron chi connectivity index (χ2n) is 9.09. The van der Waals surface area contributed by atoms with E-state index in [0.29, 0.717) is 45.4 Å². The van der Waals surface area contributed by atoms with Crippen LogP contribution in [0.25, 0.3) is 0 Å². The molecule has 1 aliphatic heterocycles. The number of thiophene rings is 1. The minimum absolute atomic E-state index is 0.0323. The molecule has 3 rings (SSSR count). The van der Waals surface area contributed by atoms with E-state index in [4.69, 9.17) is 14.2 Å². The zero-order valence-corrected chi connectivity index (χ0v) is 21.3. The summed E-state index contributed by atoms with van der Waals surface area (Å²) in [6, 6.07) is 11.7. The number of para-hydroxylation sites is 1. The van der Waals surface area contributed by atoms with Crippen molar-refractivity contribution in [2.24, 2.45) is 5.92 Å². The largest absolute Gasteiger partial charge is 0.491 e. The maximum atomic E-state index is 13.5. The fourth-order valence-electron chi connectivity index (χ4n) is 4.09. The van der Waals surface area contributed by atoms with Gasteiger partial charge in [0.25, 0.3) is 0 Å². The van der Waals surface area contributed by atoms with Crippen LogP contribution in [0.4, 0.5) is 0 Å². The van der Waals surface area contributed by atoms with Gasteiger partial charge in [-0.2, -0.15) is 0 Å². The molecule has 0 saturated heterocycles. The van der Waals surface area contributed by atoms with Gasteiger partial charge in [0.05, 0.1) is 31.9 Å². The molecule has 1 aromatic carbocycles. The van der Waals surface area contributed by atoms with E-state index in [0.717, 1.165) is 12.2 Å². The third-order valence-electron chi connectivity index (χ3n) is 5.77. The molecule has 1 aliphatic rings. The summed E-state index contributed by atoms with van der Waals surface area (Å²) < 4.78 is 16.9. The average molecular weight is 491 g/mol. The highest BCUT2D eigenvalue weighted by molar-refractivity contribution is 7.10. The topological polar surface area (TPSA) is 71.5 Å². The summed E-state index contributed by atoms with van der Waals surface area (Å²) >= 11 is 1.74. The summed E-state index contributed by atoms with van der Waals surface area (Å²) in [5.74, 6) is 1.24. The number of benzene rings is 1. The van der Waals surface area contributed by atoms with E-state index in [1.165, 1.54) is 10.4 Å². The Labute approximate surface area is 207 Å². The number of nitrogens with zero attached hydrogens (tertiary/aromatic N) is 2. The molecule has 0 saturated carbocycles. The highest BCUT2D eigenvalue weighted by Crippen LogP contribution is 2.34. The van der Waals surface area contributed by atoms with E-state index in [2.05, 4.69) is 25.3 Å². The number of carbonyl (C=O) groups excluding carboxylic acids is 1. The number of amides is 1. The molecule has 8 heteroatoms. The molecule has 0 aliphatic carbocycles. The van der Waals surface area contributed by atoms with Gasteiger partial charge in [-0.3, -0.25) is 9.69 Å². The van der Waals surface area contributed by atoms with Gasteiger partial charge in [0, 0.05) is 38.2 Å². The van der Waals surface area contributed by atoms with Crippen LogP contribution < -0.4 is 4.74 Å². The van der Waals surface area contributed by atoms with Gasteiger partial charge in [-0.05, 0) is 41.5 Å². The van der Waals surface area contributed by atoms with Crippen molar-refractivity contribution >= 4 is 17.2 Å². The van der Waals surface area contributed by atoms with Crippen LogP contribution in [0.1, 0.15) is 30.3 Å². The fraction of sp³-hybridized carbons (Fsp3) is 0.577. The minimum atomic E-state index is -0.662. The van der Waals surface area contributed by atoms with Gasteiger partial charge >= 0.3 is 0 Å². The molecule has 0 spiro atoms. The molecule has 0 radical (unpaired) electrons. The third-order valence-corrected chi connectivity index (χ3v) is 6.76. The van der Waals surface area contributed by atoms with Crippen LogP contribution in [0, 0.1) is 5.92 Å². The number of rotatable bonds is 14. The highest BCUT2D eigenvalue weighted by atomic mass is 32.1. The van der Waals surface area contributed by atoms with E-state index < -0.39 is 6.10 Å². The summed E-state index contributed by atoms with van der Waals surface area (Å²) in [6.07, 6.45) is 0.190. The Morgan fingerprint density at radius 1 is 1.24 bits per heavy atom. The van der Waals surface area contributed by atoms with Crippen LogP contribution in [0.3, 0.4) is 0 Å². The molecule has 1 amide bonds. The molecule has 7 nitrogen and oxygen atoms in total. The van der Waals surface area contributed by atoms with Crippen LogP contribution in [-0.2, 0) is 20.7 Å². The molecular formula is C26H38N2O5S. The van der Waals surface area contributed by atoms with Crippen molar-refractivity contribution in [2.45, 2.75) is 32.4 Å². The Bertz CT molecular complexity index is 860. The van der Waals surface area contributed by atoms with Crippen LogP contribution in [0.15, 0.2) is 41.8 Å². The van der Waals surface area contributed by atoms with Crippen LogP contribution in [0.2, 0.25) is 0 Å². The summed E-state index contributed by atoms with van der Waals surface area (Å²) in [6.45, 7) is 7.70. The number of hydrogen-bond acceptors (Lipinski definition) is 7. The molecule has 1 aromatic heterocycles. The number of hydrogen-bond donors (Lipinski definition) is 1. The number of ether oxygens (including phenoxy) is 3. The monoisotopic (exact) mass is 490 g/mol. The van der Waals surface area contributed by atoms with Gasteiger partial charge in [0.1, 0.15) is 12.4 Å². The SMILES string of the molecule is COCCN(CC(=O)N1CCc2sccc2C1COc1ccccc1)CC(O)COCC(C)C. The lowest BCUT2D eigenvalue weighted by atomic mass is 10.0. The summed E-state index contributed by atoms with van der Waals surface area (Å²) in [5, 5.41) is 12.6. The third kappa shape index (κ3) is 8.06. The minimum Gasteiger partial charge on any atom is -0.491 e. The standard InChI is InChI=1S/C26H38N2O5S/c1-20(2)17-32-18-21(29)15-27(12-13-31-3)16-26(30)28-11-9-25-23(10-14-34-25)24(28)19-33-22-7-5-4-6-8-22/h4-8,10,14,20-21,24,29H,9,11-13,15-19H2,1-3H3. The molecule has 2 heterocycles. The van der Waals surface area contributed by atoms with Crippen LogP contribution in [-0.4, -0.2) is 86.6 Å². The number of carbonyl (C=O) groups is 1. The van der Waals surface area contributed by atoms with E-state index in [1.807, 2.05) is 40.1 Å². The molecular weight excluding hydrogens is 452 g/mol. The number of fused-ring (bicyclic) bond motifs is 1. The van der Waals surface area contributed by atoms with Gasteiger partial charge in [0.2, 0.25) is 5.91 Å². The molecule has 2 aromatic rings. The zero-order valence-electron chi connectivity index (χ0n) is 20.5. The Balaban J connectivity index is 1.64. The second kappa shape index (κ2) is 13.8. The van der Waals surface area contributed by atoms with Crippen LogP contribution >= 0.6 is 11.3 Å². The first-order valence-corrected chi connectivity index (χ1v) is 12.9. The quantitative estimate of drug-likeness (QED) is 0.438. The molecule has 0 fully saturated rings.